The van der Waals surface area contributed by atoms with Crippen molar-refractivity contribution in [3.05, 3.63) is 66.1 Å². The summed E-state index contributed by atoms with van der Waals surface area (Å²) in [6.45, 7) is 4.17. The highest BCUT2D eigenvalue weighted by atomic mass is 16.5. The second kappa shape index (κ2) is 8.29. The van der Waals surface area contributed by atoms with Gasteiger partial charge in [-0.3, -0.25) is 4.98 Å². The molecule has 154 valence electrons. The lowest BCUT2D eigenvalue weighted by atomic mass is 10.0. The maximum absolute atomic E-state index is 9.25. The van der Waals surface area contributed by atoms with Crippen LogP contribution in [0.2, 0.25) is 0 Å². The molecular weight excluding hydrogens is 386 g/mol. The molecule has 0 amide bonds. The molecule has 1 aliphatic carbocycles. The van der Waals surface area contributed by atoms with Crippen LogP contribution in [0.4, 0.5) is 0 Å². The SMILES string of the molecule is CCOCCn1cnc2cc(-c3cc(C4CC4)cc(-c4cc(C#N)ccn4)n3)ccc21. The van der Waals surface area contributed by atoms with Gasteiger partial charge >= 0.3 is 0 Å². The number of hydrogen-bond donors (Lipinski definition) is 0. The van der Waals surface area contributed by atoms with Crippen molar-refractivity contribution >= 4 is 11.0 Å². The molecule has 4 aromatic rings. The van der Waals surface area contributed by atoms with Gasteiger partial charge in [-0.1, -0.05) is 6.07 Å². The third-order valence-electron chi connectivity index (χ3n) is 5.65. The van der Waals surface area contributed by atoms with Crippen LogP contribution >= 0.6 is 0 Å². The van der Waals surface area contributed by atoms with Crippen molar-refractivity contribution in [1.29, 1.82) is 5.26 Å². The zero-order valence-electron chi connectivity index (χ0n) is 17.5. The Balaban J connectivity index is 1.54. The molecule has 0 radical (unpaired) electrons. The van der Waals surface area contributed by atoms with E-state index in [0.29, 0.717) is 24.7 Å². The molecule has 0 unspecified atom stereocenters. The van der Waals surface area contributed by atoms with Crippen LogP contribution in [0.25, 0.3) is 33.7 Å². The van der Waals surface area contributed by atoms with Gasteiger partial charge in [0, 0.05) is 24.9 Å². The van der Waals surface area contributed by atoms with Crippen molar-refractivity contribution in [3.8, 4) is 28.7 Å². The van der Waals surface area contributed by atoms with Gasteiger partial charge in [-0.25, -0.2) is 9.97 Å². The Morgan fingerprint density at radius 2 is 1.94 bits per heavy atom. The van der Waals surface area contributed by atoms with E-state index in [4.69, 9.17) is 9.72 Å². The highest BCUT2D eigenvalue weighted by Crippen LogP contribution is 2.42. The van der Waals surface area contributed by atoms with E-state index in [1.54, 1.807) is 18.3 Å². The number of ether oxygens (including phenoxy) is 1. The number of benzene rings is 1. The van der Waals surface area contributed by atoms with Gasteiger partial charge < -0.3 is 9.30 Å². The van der Waals surface area contributed by atoms with Crippen molar-refractivity contribution in [3.63, 3.8) is 0 Å². The normalized spacial score (nSPS) is 13.4. The van der Waals surface area contributed by atoms with Gasteiger partial charge in [0.25, 0.3) is 0 Å². The quantitative estimate of drug-likeness (QED) is 0.404. The number of fused-ring (bicyclic) bond motifs is 1. The van der Waals surface area contributed by atoms with Crippen molar-refractivity contribution < 1.29 is 4.74 Å². The van der Waals surface area contributed by atoms with E-state index in [0.717, 1.165) is 40.2 Å². The Morgan fingerprint density at radius 1 is 1.06 bits per heavy atom. The minimum absolute atomic E-state index is 0.584. The average Bonchev–Trinajstić information content (AvgIpc) is 3.60. The molecule has 31 heavy (non-hydrogen) atoms. The lowest BCUT2D eigenvalue weighted by Gasteiger charge is -2.10. The second-order valence-corrected chi connectivity index (χ2v) is 7.83. The monoisotopic (exact) mass is 409 g/mol. The molecule has 3 aromatic heterocycles. The van der Waals surface area contributed by atoms with Gasteiger partial charge in [0.2, 0.25) is 0 Å². The van der Waals surface area contributed by atoms with Crippen LogP contribution in [-0.4, -0.2) is 32.7 Å². The van der Waals surface area contributed by atoms with Crippen LogP contribution in [0.15, 0.2) is 55.0 Å². The van der Waals surface area contributed by atoms with Crippen molar-refractivity contribution in [1.82, 2.24) is 19.5 Å². The topological polar surface area (TPSA) is 76.6 Å². The first-order chi connectivity index (χ1) is 15.2. The number of nitriles is 1. The van der Waals surface area contributed by atoms with Gasteiger partial charge in [-0.2, -0.15) is 5.26 Å². The Bertz CT molecular complexity index is 1280. The minimum Gasteiger partial charge on any atom is -0.380 e. The molecule has 6 nitrogen and oxygen atoms in total. The van der Waals surface area contributed by atoms with Gasteiger partial charge in [-0.15, -0.1) is 0 Å². The fourth-order valence-electron chi connectivity index (χ4n) is 3.83. The zero-order valence-corrected chi connectivity index (χ0v) is 17.5. The van der Waals surface area contributed by atoms with Gasteiger partial charge in [0.05, 0.1) is 52.7 Å². The summed E-state index contributed by atoms with van der Waals surface area (Å²) < 4.78 is 7.59. The first-order valence-electron chi connectivity index (χ1n) is 10.7. The highest BCUT2D eigenvalue weighted by molar-refractivity contribution is 5.82. The summed E-state index contributed by atoms with van der Waals surface area (Å²) in [7, 11) is 0. The Hall–Kier alpha value is -3.56. The van der Waals surface area contributed by atoms with Crippen molar-refractivity contribution in [2.45, 2.75) is 32.2 Å². The third-order valence-corrected chi connectivity index (χ3v) is 5.65. The molecule has 0 saturated heterocycles. The summed E-state index contributed by atoms with van der Waals surface area (Å²) in [4.78, 5) is 14.0. The lowest BCUT2D eigenvalue weighted by molar-refractivity contribution is 0.140. The van der Waals surface area contributed by atoms with E-state index in [2.05, 4.69) is 50.9 Å². The van der Waals surface area contributed by atoms with E-state index in [9.17, 15) is 5.26 Å². The van der Waals surface area contributed by atoms with E-state index in [1.807, 2.05) is 13.3 Å². The summed E-state index contributed by atoms with van der Waals surface area (Å²) in [5.41, 5.74) is 7.37. The maximum atomic E-state index is 9.25. The maximum Gasteiger partial charge on any atom is 0.0992 e. The van der Waals surface area contributed by atoms with Crippen LogP contribution in [0.3, 0.4) is 0 Å². The van der Waals surface area contributed by atoms with Crippen LogP contribution in [0, 0.1) is 11.3 Å². The summed E-state index contributed by atoms with van der Waals surface area (Å²) in [5, 5.41) is 9.25. The van der Waals surface area contributed by atoms with Crippen LogP contribution in [0.1, 0.15) is 36.8 Å². The second-order valence-electron chi connectivity index (χ2n) is 7.83. The smallest absolute Gasteiger partial charge is 0.0992 e. The summed E-state index contributed by atoms with van der Waals surface area (Å²) in [6, 6.07) is 16.3. The number of pyridine rings is 2. The predicted molar refractivity (Wildman–Crippen MR) is 119 cm³/mol. The van der Waals surface area contributed by atoms with E-state index >= 15 is 0 Å². The fraction of sp³-hybridized carbons (Fsp3) is 0.280. The molecule has 5 rings (SSSR count). The van der Waals surface area contributed by atoms with Gasteiger partial charge in [0.1, 0.15) is 0 Å². The van der Waals surface area contributed by atoms with Crippen molar-refractivity contribution in [2.75, 3.05) is 13.2 Å². The first kappa shape index (κ1) is 19.4. The average molecular weight is 409 g/mol. The van der Waals surface area contributed by atoms with Crippen molar-refractivity contribution in [2.24, 2.45) is 0 Å². The molecular formula is C25H23N5O. The third kappa shape index (κ3) is 4.05. The Labute approximate surface area is 181 Å². The number of nitrogens with zero attached hydrogens (tertiary/aromatic N) is 5. The number of aromatic nitrogens is 4. The summed E-state index contributed by atoms with van der Waals surface area (Å²) in [6.07, 6.45) is 5.94. The molecule has 0 N–H and O–H groups in total. The molecule has 0 aliphatic heterocycles. The Kier molecular flexibility index (Phi) is 5.19. The molecule has 1 aromatic carbocycles. The number of hydrogen-bond acceptors (Lipinski definition) is 5. The summed E-state index contributed by atoms with van der Waals surface area (Å²) in [5.74, 6) is 0.584. The van der Waals surface area contributed by atoms with Gasteiger partial charge in [0.15, 0.2) is 0 Å². The largest absolute Gasteiger partial charge is 0.380 e. The fourth-order valence-corrected chi connectivity index (χ4v) is 3.83. The molecule has 6 heteroatoms. The van der Waals surface area contributed by atoms with Crippen LogP contribution < -0.4 is 0 Å². The predicted octanol–water partition coefficient (Wildman–Crippen LogP) is 4.95. The molecule has 1 saturated carbocycles. The molecule has 1 fully saturated rings. The highest BCUT2D eigenvalue weighted by Gasteiger charge is 2.25. The standard InChI is InChI=1S/C25H23N5O/c1-2-31-10-9-30-16-28-24-12-19(5-6-25(24)30)21-13-20(18-3-4-18)14-23(29-21)22-11-17(15-26)7-8-27-22/h5-8,11-14,16,18H,2-4,9-10H2,1H3. The molecule has 1 aliphatic rings. The first-order valence-corrected chi connectivity index (χ1v) is 10.7. The zero-order chi connectivity index (χ0) is 21.2. The summed E-state index contributed by atoms with van der Waals surface area (Å²) >= 11 is 0. The van der Waals surface area contributed by atoms with E-state index in [-0.39, 0.29) is 0 Å². The van der Waals surface area contributed by atoms with Crippen LogP contribution in [0.5, 0.6) is 0 Å². The number of imidazole rings is 1. The van der Waals surface area contributed by atoms with E-state index in [1.165, 1.54) is 18.4 Å². The molecule has 0 atom stereocenters. The van der Waals surface area contributed by atoms with Gasteiger partial charge in [-0.05, 0) is 67.6 Å². The van der Waals surface area contributed by atoms with Crippen LogP contribution in [-0.2, 0) is 11.3 Å². The molecule has 0 bridgehead atoms. The van der Waals surface area contributed by atoms with E-state index < -0.39 is 0 Å². The number of rotatable bonds is 7. The lowest BCUT2D eigenvalue weighted by Crippen LogP contribution is -2.04. The molecule has 3 heterocycles. The molecule has 0 spiro atoms. The Morgan fingerprint density at radius 3 is 2.74 bits per heavy atom. The minimum atomic E-state index is 0.584.